The number of nitrogens with zero attached hydrogens (tertiary/aromatic N) is 2. The van der Waals surface area contributed by atoms with Crippen LogP contribution in [0.5, 0.6) is 11.5 Å². The second kappa shape index (κ2) is 13.2. The van der Waals surface area contributed by atoms with E-state index in [0.717, 1.165) is 26.2 Å². The van der Waals surface area contributed by atoms with Crippen LogP contribution in [0.25, 0.3) is 0 Å². The van der Waals surface area contributed by atoms with E-state index in [2.05, 4.69) is 21.2 Å². The number of benzene rings is 3. The van der Waals surface area contributed by atoms with Crippen LogP contribution in [-0.2, 0) is 32.6 Å². The fraction of sp³-hybridized carbons (Fsp3) is 0.355. The molecular weight excluding hydrogens is 622 g/mol. The van der Waals surface area contributed by atoms with Crippen molar-refractivity contribution >= 4 is 43.5 Å². The van der Waals surface area contributed by atoms with E-state index in [1.54, 1.807) is 18.2 Å². The van der Waals surface area contributed by atoms with Gasteiger partial charge in [0, 0.05) is 29.0 Å². The standard InChI is InChI=1S/C31H36BrN3O6S/c1-31(2,3)33-30(37)26(18-22-8-6-5-7-9-22)34(20-23-10-12-24(32)13-11-23)29(36)21-35(42(4,38)39)25-14-15-27-28(19-25)41-17-16-40-27/h5-15,19,26H,16-18,20-21H2,1-4H3,(H,33,37). The molecule has 0 spiro atoms. The molecule has 0 bridgehead atoms. The predicted molar refractivity (Wildman–Crippen MR) is 166 cm³/mol. The maximum Gasteiger partial charge on any atom is 0.244 e. The van der Waals surface area contributed by atoms with Gasteiger partial charge in [0.2, 0.25) is 21.8 Å². The summed E-state index contributed by atoms with van der Waals surface area (Å²) < 4.78 is 39.2. The van der Waals surface area contributed by atoms with Gasteiger partial charge in [-0.05, 0) is 56.2 Å². The highest BCUT2D eigenvalue weighted by Gasteiger charge is 2.34. The number of hydrogen-bond acceptors (Lipinski definition) is 6. The molecule has 1 heterocycles. The van der Waals surface area contributed by atoms with Gasteiger partial charge in [-0.1, -0.05) is 58.4 Å². The Morgan fingerprint density at radius 2 is 1.57 bits per heavy atom. The summed E-state index contributed by atoms with van der Waals surface area (Å²) in [5.41, 5.74) is 1.37. The number of rotatable bonds is 10. The van der Waals surface area contributed by atoms with Crippen LogP contribution in [0.15, 0.2) is 77.3 Å². The van der Waals surface area contributed by atoms with Crippen LogP contribution in [-0.4, -0.2) is 62.7 Å². The highest BCUT2D eigenvalue weighted by Crippen LogP contribution is 2.35. The van der Waals surface area contributed by atoms with Gasteiger partial charge in [-0.3, -0.25) is 13.9 Å². The van der Waals surface area contributed by atoms with E-state index in [9.17, 15) is 18.0 Å². The lowest BCUT2D eigenvalue weighted by Crippen LogP contribution is -2.56. The van der Waals surface area contributed by atoms with Crippen molar-refractivity contribution in [3.05, 3.63) is 88.4 Å². The van der Waals surface area contributed by atoms with Gasteiger partial charge in [-0.2, -0.15) is 0 Å². The van der Waals surface area contributed by atoms with Crippen LogP contribution in [0, 0.1) is 0 Å². The van der Waals surface area contributed by atoms with Crippen LogP contribution in [0.3, 0.4) is 0 Å². The Morgan fingerprint density at radius 3 is 2.19 bits per heavy atom. The summed E-state index contributed by atoms with van der Waals surface area (Å²) in [5.74, 6) is 0.0479. The minimum absolute atomic E-state index is 0.0971. The Hall–Kier alpha value is -3.57. The third-order valence-corrected chi connectivity index (χ3v) is 8.20. The molecule has 4 rings (SSSR count). The van der Waals surface area contributed by atoms with Crippen molar-refractivity contribution in [2.75, 3.05) is 30.3 Å². The molecule has 9 nitrogen and oxygen atoms in total. The molecule has 3 aromatic rings. The van der Waals surface area contributed by atoms with Crippen molar-refractivity contribution in [3.63, 3.8) is 0 Å². The average molecular weight is 659 g/mol. The van der Waals surface area contributed by atoms with Crippen LogP contribution >= 0.6 is 15.9 Å². The average Bonchev–Trinajstić information content (AvgIpc) is 2.93. The van der Waals surface area contributed by atoms with Crippen LogP contribution in [0.2, 0.25) is 0 Å². The van der Waals surface area contributed by atoms with E-state index < -0.39 is 34.1 Å². The molecule has 0 aliphatic carbocycles. The number of ether oxygens (including phenoxy) is 2. The Kier molecular flexibility index (Phi) is 9.83. The van der Waals surface area contributed by atoms with E-state index in [1.165, 1.54) is 4.90 Å². The van der Waals surface area contributed by atoms with Gasteiger partial charge in [-0.25, -0.2) is 8.42 Å². The lowest BCUT2D eigenvalue weighted by Gasteiger charge is -2.35. The number of anilines is 1. The van der Waals surface area contributed by atoms with Crippen LogP contribution in [0.4, 0.5) is 5.69 Å². The number of carbonyl (C=O) groups excluding carboxylic acids is 2. The maximum absolute atomic E-state index is 14.2. The zero-order valence-electron chi connectivity index (χ0n) is 24.2. The highest BCUT2D eigenvalue weighted by molar-refractivity contribution is 9.10. The lowest BCUT2D eigenvalue weighted by atomic mass is 10.0. The van der Waals surface area contributed by atoms with Crippen molar-refractivity contribution in [1.29, 1.82) is 0 Å². The summed E-state index contributed by atoms with van der Waals surface area (Å²) in [7, 11) is -3.90. The second-order valence-corrected chi connectivity index (χ2v) is 14.0. The first-order chi connectivity index (χ1) is 19.8. The quantitative estimate of drug-likeness (QED) is 0.343. The van der Waals surface area contributed by atoms with E-state index >= 15 is 0 Å². The molecule has 0 saturated carbocycles. The number of nitrogens with one attached hydrogen (secondary N) is 1. The first-order valence-electron chi connectivity index (χ1n) is 13.6. The SMILES string of the molecule is CC(C)(C)NC(=O)C(Cc1ccccc1)N(Cc1ccc(Br)cc1)C(=O)CN(c1ccc2c(c1)OCCO2)S(C)(=O)=O. The van der Waals surface area contributed by atoms with Gasteiger partial charge >= 0.3 is 0 Å². The number of carbonyl (C=O) groups is 2. The van der Waals surface area contributed by atoms with E-state index in [0.29, 0.717) is 24.7 Å². The Labute approximate surface area is 256 Å². The summed E-state index contributed by atoms with van der Waals surface area (Å²) in [6.07, 6.45) is 1.29. The highest BCUT2D eigenvalue weighted by atomic mass is 79.9. The van der Waals surface area contributed by atoms with Gasteiger partial charge in [0.05, 0.1) is 11.9 Å². The number of halogens is 1. The van der Waals surface area contributed by atoms with Crippen LogP contribution < -0.4 is 19.1 Å². The van der Waals surface area contributed by atoms with Gasteiger partial charge in [0.25, 0.3) is 0 Å². The van der Waals surface area contributed by atoms with Gasteiger partial charge in [-0.15, -0.1) is 0 Å². The number of fused-ring (bicyclic) bond motifs is 1. The van der Waals surface area contributed by atoms with Crippen LogP contribution in [0.1, 0.15) is 31.9 Å². The molecule has 11 heteroatoms. The molecule has 0 radical (unpaired) electrons. The van der Waals surface area contributed by atoms with E-state index in [4.69, 9.17) is 9.47 Å². The molecule has 0 fully saturated rings. The second-order valence-electron chi connectivity index (χ2n) is 11.2. The first kappa shape index (κ1) is 31.4. The predicted octanol–water partition coefficient (Wildman–Crippen LogP) is 4.54. The fourth-order valence-corrected chi connectivity index (χ4v) is 5.70. The molecule has 3 aromatic carbocycles. The molecule has 1 N–H and O–H groups in total. The molecule has 1 aliphatic rings. The molecule has 1 aliphatic heterocycles. The summed E-state index contributed by atoms with van der Waals surface area (Å²) in [6.45, 7) is 5.93. The monoisotopic (exact) mass is 657 g/mol. The smallest absolute Gasteiger partial charge is 0.244 e. The van der Waals surface area contributed by atoms with E-state index in [-0.39, 0.29) is 24.6 Å². The topological polar surface area (TPSA) is 105 Å². The molecule has 0 aromatic heterocycles. The third kappa shape index (κ3) is 8.48. The van der Waals surface area contributed by atoms with Crippen molar-refractivity contribution in [3.8, 4) is 11.5 Å². The Balaban J connectivity index is 1.74. The van der Waals surface area contributed by atoms with E-state index in [1.807, 2.05) is 75.4 Å². The minimum Gasteiger partial charge on any atom is -0.486 e. The lowest BCUT2D eigenvalue weighted by molar-refractivity contribution is -0.140. The zero-order chi connectivity index (χ0) is 30.5. The fourth-order valence-electron chi connectivity index (χ4n) is 4.59. The largest absolute Gasteiger partial charge is 0.486 e. The third-order valence-electron chi connectivity index (χ3n) is 6.53. The molecule has 2 amide bonds. The zero-order valence-corrected chi connectivity index (χ0v) is 26.6. The van der Waals surface area contributed by atoms with Gasteiger partial charge < -0.3 is 19.7 Å². The summed E-state index contributed by atoms with van der Waals surface area (Å²) in [4.78, 5) is 29.5. The summed E-state index contributed by atoms with van der Waals surface area (Å²) >= 11 is 3.44. The molecular formula is C31H36BrN3O6S. The molecule has 1 atom stereocenters. The Bertz CT molecular complexity index is 1510. The van der Waals surface area contributed by atoms with Crippen molar-refractivity contribution in [1.82, 2.24) is 10.2 Å². The van der Waals surface area contributed by atoms with Crippen molar-refractivity contribution in [2.24, 2.45) is 0 Å². The number of amides is 2. The molecule has 42 heavy (non-hydrogen) atoms. The first-order valence-corrected chi connectivity index (χ1v) is 16.2. The van der Waals surface area contributed by atoms with Crippen molar-refractivity contribution < 1.29 is 27.5 Å². The summed E-state index contributed by atoms with van der Waals surface area (Å²) in [5, 5.41) is 3.02. The number of sulfonamides is 1. The van der Waals surface area contributed by atoms with Gasteiger partial charge in [0.1, 0.15) is 25.8 Å². The van der Waals surface area contributed by atoms with Crippen molar-refractivity contribution in [2.45, 2.75) is 45.3 Å². The molecule has 224 valence electrons. The normalized spacial score (nSPS) is 13.6. The Morgan fingerprint density at radius 1 is 0.929 bits per heavy atom. The molecule has 1 unspecified atom stereocenters. The maximum atomic E-state index is 14.2. The molecule has 0 saturated heterocycles. The van der Waals surface area contributed by atoms with Gasteiger partial charge in [0.15, 0.2) is 11.5 Å². The summed E-state index contributed by atoms with van der Waals surface area (Å²) in [6, 6.07) is 20.7. The minimum atomic E-state index is -3.90. The number of hydrogen-bond donors (Lipinski definition) is 1.